The Hall–Kier alpha value is -2.25. The Balaban J connectivity index is 1.67. The van der Waals surface area contributed by atoms with E-state index in [0.29, 0.717) is 12.4 Å². The van der Waals surface area contributed by atoms with Gasteiger partial charge in [-0.15, -0.1) is 22.7 Å². The number of esters is 1. The van der Waals surface area contributed by atoms with Crippen molar-refractivity contribution in [3.63, 3.8) is 0 Å². The Morgan fingerprint density at radius 1 is 1.16 bits per heavy atom. The van der Waals surface area contributed by atoms with E-state index in [2.05, 4.69) is 16.9 Å². The first kappa shape index (κ1) is 17.6. The summed E-state index contributed by atoms with van der Waals surface area (Å²) >= 11 is 3.21. The molecular formula is C18H18N2O3S2. The number of methoxy groups -OCH3 is 1. The standard InChI is InChI=1S/C18H18N2O3S2/c1-3-16-20-14(11-24-16)18-19-13(10-25-18)9-23-15-7-5-4-6-12(15)8-17(21)22-2/h4-7,10-11H,3,8-9H2,1-2H3. The van der Waals surface area contributed by atoms with Crippen LogP contribution in [0.1, 0.15) is 23.2 Å². The van der Waals surface area contributed by atoms with Gasteiger partial charge in [0, 0.05) is 16.3 Å². The van der Waals surface area contributed by atoms with E-state index in [-0.39, 0.29) is 12.4 Å². The van der Waals surface area contributed by atoms with E-state index in [1.165, 1.54) is 7.11 Å². The highest BCUT2D eigenvalue weighted by molar-refractivity contribution is 7.14. The summed E-state index contributed by atoms with van der Waals surface area (Å²) in [5.74, 6) is 0.381. The highest BCUT2D eigenvalue weighted by atomic mass is 32.1. The minimum atomic E-state index is -0.290. The number of nitrogens with zero attached hydrogens (tertiary/aromatic N) is 2. The van der Waals surface area contributed by atoms with Gasteiger partial charge in [0.2, 0.25) is 0 Å². The average Bonchev–Trinajstić information content (AvgIpc) is 3.29. The van der Waals surface area contributed by atoms with Crippen LogP contribution in [-0.2, 0) is 29.0 Å². The summed E-state index contributed by atoms with van der Waals surface area (Å²) < 4.78 is 10.6. The van der Waals surface area contributed by atoms with Crippen LogP contribution in [0.15, 0.2) is 35.0 Å². The molecule has 0 radical (unpaired) electrons. The summed E-state index contributed by atoms with van der Waals surface area (Å²) in [6.07, 6.45) is 1.12. The van der Waals surface area contributed by atoms with Gasteiger partial charge in [-0.1, -0.05) is 25.1 Å². The van der Waals surface area contributed by atoms with Crippen molar-refractivity contribution in [1.29, 1.82) is 0 Å². The van der Waals surface area contributed by atoms with E-state index in [1.807, 2.05) is 35.0 Å². The van der Waals surface area contributed by atoms with Gasteiger partial charge in [0.1, 0.15) is 23.1 Å². The third kappa shape index (κ3) is 4.43. The lowest BCUT2D eigenvalue weighted by Crippen LogP contribution is -2.06. The first-order valence-electron chi connectivity index (χ1n) is 7.86. The van der Waals surface area contributed by atoms with Crippen molar-refractivity contribution in [2.45, 2.75) is 26.4 Å². The molecule has 1 aromatic carbocycles. The maximum absolute atomic E-state index is 11.5. The molecule has 0 aliphatic heterocycles. The van der Waals surface area contributed by atoms with Gasteiger partial charge >= 0.3 is 5.97 Å². The molecule has 0 N–H and O–H groups in total. The summed E-state index contributed by atoms with van der Waals surface area (Å²) in [6.45, 7) is 2.44. The van der Waals surface area contributed by atoms with Gasteiger partial charge in [-0.25, -0.2) is 9.97 Å². The van der Waals surface area contributed by atoms with Crippen LogP contribution in [0.4, 0.5) is 0 Å². The van der Waals surface area contributed by atoms with E-state index in [9.17, 15) is 4.79 Å². The molecule has 0 amide bonds. The number of para-hydroxylation sites is 1. The monoisotopic (exact) mass is 374 g/mol. The third-order valence-electron chi connectivity index (χ3n) is 3.54. The van der Waals surface area contributed by atoms with E-state index >= 15 is 0 Å². The topological polar surface area (TPSA) is 61.3 Å². The normalized spacial score (nSPS) is 10.6. The number of thiazole rings is 2. The zero-order valence-electron chi connectivity index (χ0n) is 14.0. The number of carbonyl (C=O) groups excluding carboxylic acids is 1. The summed E-state index contributed by atoms with van der Waals surface area (Å²) in [6, 6.07) is 7.46. The molecule has 3 rings (SSSR count). The largest absolute Gasteiger partial charge is 0.487 e. The summed E-state index contributed by atoms with van der Waals surface area (Å²) in [7, 11) is 1.38. The van der Waals surface area contributed by atoms with Crippen LogP contribution in [0.2, 0.25) is 0 Å². The molecule has 0 unspecified atom stereocenters. The van der Waals surface area contributed by atoms with Crippen LogP contribution >= 0.6 is 22.7 Å². The molecule has 0 saturated heterocycles. The van der Waals surface area contributed by atoms with Gasteiger partial charge < -0.3 is 9.47 Å². The van der Waals surface area contributed by atoms with Crippen LogP contribution in [0.5, 0.6) is 5.75 Å². The predicted molar refractivity (Wildman–Crippen MR) is 99.1 cm³/mol. The lowest BCUT2D eigenvalue weighted by molar-refractivity contribution is -0.139. The lowest BCUT2D eigenvalue weighted by Gasteiger charge is -2.09. The Morgan fingerprint density at radius 3 is 2.76 bits per heavy atom. The van der Waals surface area contributed by atoms with Crippen molar-refractivity contribution >= 4 is 28.6 Å². The van der Waals surface area contributed by atoms with Gasteiger partial charge in [-0.3, -0.25) is 4.79 Å². The van der Waals surface area contributed by atoms with Crippen LogP contribution in [0.25, 0.3) is 10.7 Å². The van der Waals surface area contributed by atoms with Crippen LogP contribution in [0, 0.1) is 0 Å². The van der Waals surface area contributed by atoms with Crippen molar-refractivity contribution in [2.24, 2.45) is 0 Å². The Bertz CT molecular complexity index is 857. The molecule has 2 aromatic heterocycles. The van der Waals surface area contributed by atoms with Gasteiger partial charge in [0.15, 0.2) is 0 Å². The Morgan fingerprint density at radius 2 is 2.00 bits per heavy atom. The molecule has 5 nitrogen and oxygen atoms in total. The molecule has 25 heavy (non-hydrogen) atoms. The fourth-order valence-corrected chi connectivity index (χ4v) is 3.80. The number of benzene rings is 1. The maximum Gasteiger partial charge on any atom is 0.310 e. The second kappa shape index (κ2) is 8.22. The minimum Gasteiger partial charge on any atom is -0.487 e. The molecule has 7 heteroatoms. The van der Waals surface area contributed by atoms with E-state index in [0.717, 1.165) is 33.4 Å². The highest BCUT2D eigenvalue weighted by Crippen LogP contribution is 2.26. The van der Waals surface area contributed by atoms with Crippen LogP contribution in [-0.4, -0.2) is 23.0 Å². The molecule has 2 heterocycles. The molecule has 0 atom stereocenters. The number of hydrogen-bond donors (Lipinski definition) is 0. The van der Waals surface area contributed by atoms with E-state index in [4.69, 9.17) is 9.47 Å². The van der Waals surface area contributed by atoms with Crippen LogP contribution in [0.3, 0.4) is 0 Å². The van der Waals surface area contributed by atoms with E-state index < -0.39 is 0 Å². The van der Waals surface area contributed by atoms with Gasteiger partial charge in [0.05, 0.1) is 24.2 Å². The molecule has 130 valence electrons. The first-order chi connectivity index (χ1) is 12.2. The molecule has 0 aliphatic carbocycles. The maximum atomic E-state index is 11.5. The second-order valence-corrected chi connectivity index (χ2v) is 7.07. The molecule has 0 saturated carbocycles. The molecule has 3 aromatic rings. The number of ether oxygens (including phenoxy) is 2. The highest BCUT2D eigenvalue weighted by Gasteiger charge is 2.11. The molecular weight excluding hydrogens is 356 g/mol. The van der Waals surface area contributed by atoms with Gasteiger partial charge in [-0.2, -0.15) is 0 Å². The number of aromatic nitrogens is 2. The lowest BCUT2D eigenvalue weighted by atomic mass is 10.1. The number of hydrogen-bond acceptors (Lipinski definition) is 7. The van der Waals surface area contributed by atoms with E-state index in [1.54, 1.807) is 22.7 Å². The quantitative estimate of drug-likeness (QED) is 0.582. The smallest absolute Gasteiger partial charge is 0.310 e. The fraction of sp³-hybridized carbons (Fsp3) is 0.278. The number of aryl methyl sites for hydroxylation is 1. The first-order valence-corrected chi connectivity index (χ1v) is 9.62. The molecule has 0 bridgehead atoms. The fourth-order valence-electron chi connectivity index (χ4n) is 2.23. The summed E-state index contributed by atoms with van der Waals surface area (Å²) in [5.41, 5.74) is 2.57. The van der Waals surface area contributed by atoms with Gasteiger partial charge in [0.25, 0.3) is 0 Å². The van der Waals surface area contributed by atoms with Crippen molar-refractivity contribution in [3.8, 4) is 16.5 Å². The van der Waals surface area contributed by atoms with Crippen molar-refractivity contribution in [2.75, 3.05) is 7.11 Å². The summed E-state index contributed by atoms with van der Waals surface area (Å²) in [5, 5.41) is 6.02. The Kier molecular flexibility index (Phi) is 5.78. The van der Waals surface area contributed by atoms with Crippen LogP contribution < -0.4 is 4.74 Å². The zero-order chi connectivity index (χ0) is 17.6. The Labute approximate surface area is 154 Å². The molecule has 0 fully saturated rings. The van der Waals surface area contributed by atoms with Crippen molar-refractivity contribution in [3.05, 3.63) is 51.3 Å². The zero-order valence-corrected chi connectivity index (χ0v) is 15.7. The minimum absolute atomic E-state index is 0.188. The third-order valence-corrected chi connectivity index (χ3v) is 5.44. The number of rotatable bonds is 7. The molecule has 0 aliphatic rings. The van der Waals surface area contributed by atoms with Crippen molar-refractivity contribution < 1.29 is 14.3 Å². The second-order valence-electron chi connectivity index (χ2n) is 5.27. The number of carbonyl (C=O) groups is 1. The predicted octanol–water partition coefficient (Wildman–Crippen LogP) is 4.12. The van der Waals surface area contributed by atoms with Gasteiger partial charge in [-0.05, 0) is 12.5 Å². The molecule has 0 spiro atoms. The van der Waals surface area contributed by atoms with Crippen molar-refractivity contribution in [1.82, 2.24) is 9.97 Å². The summed E-state index contributed by atoms with van der Waals surface area (Å²) in [4.78, 5) is 20.7. The SMILES string of the molecule is CCc1nc(-c2nc(COc3ccccc3CC(=O)OC)cs2)cs1. The average molecular weight is 374 g/mol.